The highest BCUT2D eigenvalue weighted by Crippen LogP contribution is 2.26. The van der Waals surface area contributed by atoms with E-state index in [-0.39, 0.29) is 23.0 Å². The van der Waals surface area contributed by atoms with Crippen LogP contribution in [0.1, 0.15) is 30.9 Å². The van der Waals surface area contributed by atoms with Gasteiger partial charge >= 0.3 is 17.7 Å². The Balaban J connectivity index is 1.67. The lowest BCUT2D eigenvalue weighted by Crippen LogP contribution is -2.43. The fourth-order valence-electron chi connectivity index (χ4n) is 3.01. The van der Waals surface area contributed by atoms with E-state index in [1.807, 2.05) is 37.3 Å². The lowest BCUT2D eigenvalue weighted by molar-refractivity contribution is -0.136. The molecule has 1 aromatic heterocycles. The molecule has 0 aliphatic carbocycles. The molecule has 1 N–H and O–H groups in total. The molecule has 0 aliphatic heterocycles. The summed E-state index contributed by atoms with van der Waals surface area (Å²) in [6, 6.07) is 13.0. The van der Waals surface area contributed by atoms with Gasteiger partial charge in [-0.3, -0.25) is 0 Å². The molecule has 0 aliphatic rings. The van der Waals surface area contributed by atoms with Crippen LogP contribution >= 0.6 is 11.6 Å². The number of hydrogen-bond acceptors (Lipinski definition) is 6. The molecule has 31 heavy (non-hydrogen) atoms. The van der Waals surface area contributed by atoms with Crippen molar-refractivity contribution in [3.05, 3.63) is 75.1 Å². The number of benzene rings is 2. The number of carbonyl (C=O) groups excluding carboxylic acids is 2. The predicted octanol–water partition coefficient (Wildman–Crippen LogP) is 4.76. The van der Waals surface area contributed by atoms with E-state index in [1.54, 1.807) is 19.1 Å². The van der Waals surface area contributed by atoms with E-state index in [0.717, 1.165) is 5.56 Å². The van der Waals surface area contributed by atoms with Crippen molar-refractivity contribution in [3.63, 3.8) is 0 Å². The molecule has 2 aromatic carbocycles. The van der Waals surface area contributed by atoms with Crippen molar-refractivity contribution in [2.75, 3.05) is 0 Å². The second kappa shape index (κ2) is 10.1. The van der Waals surface area contributed by atoms with Gasteiger partial charge in [0.15, 0.2) is 0 Å². The number of carbonyl (C=O) groups is 2. The summed E-state index contributed by atoms with van der Waals surface area (Å²) < 4.78 is 15.8. The minimum absolute atomic E-state index is 0.0125. The van der Waals surface area contributed by atoms with E-state index < -0.39 is 23.7 Å². The molecule has 0 fully saturated rings. The first-order chi connectivity index (χ1) is 14.9. The first-order valence-corrected chi connectivity index (χ1v) is 10.2. The van der Waals surface area contributed by atoms with E-state index >= 15 is 0 Å². The predicted molar refractivity (Wildman–Crippen MR) is 116 cm³/mol. The average Bonchev–Trinajstić information content (AvgIpc) is 2.76. The van der Waals surface area contributed by atoms with Gasteiger partial charge in [-0.05, 0) is 36.6 Å². The summed E-state index contributed by atoms with van der Waals surface area (Å²) in [5, 5.41) is 3.19. The topological polar surface area (TPSA) is 94.8 Å². The largest absolute Gasteiger partial charge is 0.445 e. The van der Waals surface area contributed by atoms with Gasteiger partial charge < -0.3 is 19.2 Å². The number of hydrogen-bond donors (Lipinski definition) is 1. The Labute approximate surface area is 183 Å². The summed E-state index contributed by atoms with van der Waals surface area (Å²) >= 11 is 5.93. The zero-order valence-corrected chi connectivity index (χ0v) is 17.9. The van der Waals surface area contributed by atoms with E-state index in [4.69, 9.17) is 25.5 Å². The molecule has 0 saturated heterocycles. The molecule has 0 unspecified atom stereocenters. The monoisotopic (exact) mass is 443 g/mol. The number of rotatable bonds is 7. The van der Waals surface area contributed by atoms with E-state index in [0.29, 0.717) is 23.8 Å². The van der Waals surface area contributed by atoms with Crippen LogP contribution in [0.4, 0.5) is 4.79 Å². The smallest absolute Gasteiger partial charge is 0.408 e. The molecule has 0 saturated carbocycles. The molecule has 3 aromatic rings. The third-order valence-electron chi connectivity index (χ3n) is 4.65. The van der Waals surface area contributed by atoms with Gasteiger partial charge in [0.1, 0.15) is 29.0 Å². The van der Waals surface area contributed by atoms with Crippen molar-refractivity contribution in [3.8, 4) is 5.75 Å². The van der Waals surface area contributed by atoms with Crippen molar-refractivity contribution in [2.24, 2.45) is 0 Å². The summed E-state index contributed by atoms with van der Waals surface area (Å²) in [5.74, 6) is -0.464. The zero-order valence-electron chi connectivity index (χ0n) is 17.1. The van der Waals surface area contributed by atoms with Crippen LogP contribution in [0.25, 0.3) is 11.0 Å². The second-order valence-electron chi connectivity index (χ2n) is 6.95. The Morgan fingerprint density at radius 3 is 2.61 bits per heavy atom. The Morgan fingerprint density at radius 1 is 1.16 bits per heavy atom. The number of aryl methyl sites for hydroxylation is 1. The van der Waals surface area contributed by atoms with Gasteiger partial charge in [0.25, 0.3) is 0 Å². The highest BCUT2D eigenvalue weighted by atomic mass is 35.5. The molecule has 0 radical (unpaired) electrons. The zero-order chi connectivity index (χ0) is 22.4. The summed E-state index contributed by atoms with van der Waals surface area (Å²) in [5.41, 5.74) is 0.999. The van der Waals surface area contributed by atoms with Crippen LogP contribution in [0.15, 0.2) is 57.7 Å². The second-order valence-corrected chi connectivity index (χ2v) is 7.33. The fourth-order valence-corrected chi connectivity index (χ4v) is 3.15. The quantitative estimate of drug-likeness (QED) is 0.321. The van der Waals surface area contributed by atoms with Gasteiger partial charge in [-0.15, -0.1) is 0 Å². The number of esters is 1. The Morgan fingerprint density at radius 2 is 1.90 bits per heavy atom. The average molecular weight is 444 g/mol. The van der Waals surface area contributed by atoms with Gasteiger partial charge in [-0.1, -0.05) is 55.3 Å². The molecule has 0 spiro atoms. The van der Waals surface area contributed by atoms with Gasteiger partial charge in [0.05, 0.1) is 0 Å². The van der Waals surface area contributed by atoms with Crippen LogP contribution in [0, 0.1) is 6.92 Å². The molecular weight excluding hydrogens is 422 g/mol. The molecule has 1 heterocycles. The minimum Gasteiger partial charge on any atom is -0.445 e. The SMILES string of the molecule is CCC[C@H](NC(=O)OCc1ccccc1)C(=O)Oc1ccc2c(C)c(Cl)c(=O)oc2c1. The first-order valence-electron chi connectivity index (χ1n) is 9.81. The first kappa shape index (κ1) is 22.4. The maximum Gasteiger partial charge on any atom is 0.408 e. The Hall–Kier alpha value is -3.32. The van der Waals surface area contributed by atoms with Crippen molar-refractivity contribution >= 4 is 34.6 Å². The molecule has 1 atom stereocenters. The van der Waals surface area contributed by atoms with Crippen molar-refractivity contribution in [2.45, 2.75) is 39.3 Å². The van der Waals surface area contributed by atoms with Crippen LogP contribution in [0.3, 0.4) is 0 Å². The molecule has 1 amide bonds. The number of ether oxygens (including phenoxy) is 2. The van der Waals surface area contributed by atoms with Crippen LogP contribution in [-0.2, 0) is 16.1 Å². The third kappa shape index (κ3) is 5.64. The van der Waals surface area contributed by atoms with E-state index in [2.05, 4.69) is 5.32 Å². The summed E-state index contributed by atoms with van der Waals surface area (Å²) in [7, 11) is 0. The highest BCUT2D eigenvalue weighted by molar-refractivity contribution is 6.31. The van der Waals surface area contributed by atoms with Crippen molar-refractivity contribution < 1.29 is 23.5 Å². The Kier molecular flexibility index (Phi) is 7.31. The highest BCUT2D eigenvalue weighted by Gasteiger charge is 2.23. The number of alkyl carbamates (subject to hydrolysis) is 1. The van der Waals surface area contributed by atoms with Crippen molar-refractivity contribution in [1.82, 2.24) is 5.32 Å². The maximum absolute atomic E-state index is 12.6. The standard InChI is InChI=1S/C23H22ClNO6/c1-3-7-18(25-23(28)29-13-15-8-5-4-6-9-15)21(26)30-16-10-11-17-14(2)20(24)22(27)31-19(17)12-16/h4-6,8-12,18H,3,7,13H2,1-2H3,(H,25,28)/t18-/m0/s1. The molecule has 162 valence electrons. The van der Waals surface area contributed by atoms with Crippen LogP contribution in [0.5, 0.6) is 5.75 Å². The molecular formula is C23H22ClNO6. The summed E-state index contributed by atoms with van der Waals surface area (Å²) in [4.78, 5) is 36.6. The van der Waals surface area contributed by atoms with Gasteiger partial charge in [-0.25, -0.2) is 14.4 Å². The fraction of sp³-hybridized carbons (Fsp3) is 0.261. The minimum atomic E-state index is -0.886. The van der Waals surface area contributed by atoms with Gasteiger partial charge in [0, 0.05) is 11.5 Å². The van der Waals surface area contributed by atoms with E-state index in [9.17, 15) is 14.4 Å². The molecule has 7 nitrogen and oxygen atoms in total. The van der Waals surface area contributed by atoms with E-state index in [1.165, 1.54) is 6.07 Å². The van der Waals surface area contributed by atoms with Crippen molar-refractivity contribution in [1.29, 1.82) is 0 Å². The van der Waals surface area contributed by atoms with Crippen LogP contribution in [0.2, 0.25) is 5.02 Å². The van der Waals surface area contributed by atoms with Crippen LogP contribution in [-0.4, -0.2) is 18.1 Å². The molecule has 3 rings (SSSR count). The van der Waals surface area contributed by atoms with Gasteiger partial charge in [0.2, 0.25) is 0 Å². The normalized spacial score (nSPS) is 11.7. The number of halogens is 1. The number of nitrogens with one attached hydrogen (secondary N) is 1. The summed E-state index contributed by atoms with van der Waals surface area (Å²) in [6.07, 6.45) is 0.300. The molecule has 0 bridgehead atoms. The van der Waals surface area contributed by atoms with Gasteiger partial charge in [-0.2, -0.15) is 0 Å². The molecule has 8 heteroatoms. The summed E-state index contributed by atoms with van der Waals surface area (Å²) in [6.45, 7) is 3.68. The number of amides is 1. The third-order valence-corrected chi connectivity index (χ3v) is 5.09. The lowest BCUT2D eigenvalue weighted by Gasteiger charge is -2.17. The number of fused-ring (bicyclic) bond motifs is 1. The van der Waals surface area contributed by atoms with Crippen LogP contribution < -0.4 is 15.7 Å². The lowest BCUT2D eigenvalue weighted by atomic mass is 10.1. The Bertz CT molecular complexity index is 1140. The maximum atomic E-state index is 12.6.